The minimum Gasteiger partial charge on any atom is -0.0502 e. The van der Waals surface area contributed by atoms with Crippen molar-refractivity contribution in [2.45, 2.75) is 334 Å². The average Bonchev–Trinajstić information content (AvgIpc) is 0.861. The van der Waals surface area contributed by atoms with Crippen LogP contribution in [0.25, 0.3) is 0 Å². The molecule has 0 radical (unpaired) electrons. The zero-order chi connectivity index (χ0) is 58.7. The van der Waals surface area contributed by atoms with E-state index in [2.05, 4.69) is 0 Å². The summed E-state index contributed by atoms with van der Waals surface area (Å²) in [5.41, 5.74) is 0. The van der Waals surface area contributed by atoms with E-state index in [1.807, 2.05) is 0 Å². The third-order valence-electron chi connectivity index (χ3n) is 38.3. The molecule has 0 spiro atoms. The summed E-state index contributed by atoms with van der Waals surface area (Å²) >= 11 is 0. The smallest absolute Gasteiger partial charge is 0.0321 e. The summed E-state index contributed by atoms with van der Waals surface area (Å²) in [5, 5.41) is 0. The van der Waals surface area contributed by atoms with Gasteiger partial charge in [0.2, 0.25) is 0 Å². The van der Waals surface area contributed by atoms with Crippen molar-refractivity contribution in [2.75, 3.05) is 0 Å². The van der Waals surface area contributed by atoms with Gasteiger partial charge in [-0.2, -0.15) is 0 Å². The van der Waals surface area contributed by atoms with Gasteiger partial charge in [0.1, 0.15) is 0 Å². The van der Waals surface area contributed by atoms with E-state index in [0.29, 0.717) is 0 Å². The van der Waals surface area contributed by atoms with Crippen LogP contribution in [0.3, 0.4) is 0 Å². The van der Waals surface area contributed by atoms with E-state index in [1.165, 1.54) is 0 Å². The Bertz CT molecular complexity index is 2190. The van der Waals surface area contributed by atoms with Gasteiger partial charge in [-0.25, -0.2) is 0 Å². The van der Waals surface area contributed by atoms with Crippen LogP contribution in [0.4, 0.5) is 0 Å². The van der Waals surface area contributed by atoms with Crippen LogP contribution >= 0.6 is 0 Å². The third kappa shape index (κ3) is 12.0. The summed E-state index contributed by atoms with van der Waals surface area (Å²) in [6.45, 7) is 0. The summed E-state index contributed by atoms with van der Waals surface area (Å²) in [7, 11) is 0. The molecule has 25 aliphatic carbocycles. The standard InChI is InChI=1S/C90H142/c1-9-61-21-62-10-2-54-17-53(1)25-69(26-54)45-83(75(33-61)34-62)85-47-73-42-80-52-82(43-73)90(88-50-72-31-59-7-15-67-24-68(40-78(88)39-67)16-8-60(20-59)32-72)89(87-49-71-29-57-5-13-65-23-66(38-77(87)37-65)14-6-58(19-57)30-71)81-44-74(41-79(85)51-81)48-86(80)84-46-70-27-55-3-11-63-22-64(36-76(84)35-63)12-4-56(18-55)28-70/h53-90H,1-52H2. The van der Waals surface area contributed by atoms with Crippen LogP contribution < -0.4 is 0 Å². The third-order valence-corrected chi connectivity index (χ3v) is 38.3. The molecule has 25 fully saturated rings. The molecule has 0 amide bonds. The van der Waals surface area contributed by atoms with Crippen LogP contribution in [0.15, 0.2) is 0 Å². The molecule has 30 unspecified atom stereocenters. The SMILES string of the molecule is C1CC2CC3CCC4CC1CC(C4)CC(C1CC4CC5CC(C4)C(C4CC6CC7CCC8CC(CCC(C7)C6)CC4C8)C(C4CC6CC7CCC8CC(CCC(C7)C6)CC4C8)C4CC(CC1C4)CC5C1CC4CC5CCC6CC(CCC(C5)C4)CC1C6)C(C2)C3. The molecule has 25 rings (SSSR count). The van der Waals surface area contributed by atoms with E-state index in [0.717, 1.165) is 225 Å². The second kappa shape index (κ2) is 25.0. The minimum atomic E-state index is 1.06. The molecule has 0 aromatic carbocycles. The maximum absolute atomic E-state index is 1.77. The fourth-order valence-electron chi connectivity index (χ4n) is 36.2. The van der Waals surface area contributed by atoms with Crippen LogP contribution in [-0.2, 0) is 0 Å². The second-order valence-electron chi connectivity index (χ2n) is 43.4. The van der Waals surface area contributed by atoms with Gasteiger partial charge in [-0.1, -0.05) is 103 Å². The predicted molar refractivity (Wildman–Crippen MR) is 373 cm³/mol. The lowest BCUT2D eigenvalue weighted by molar-refractivity contribution is -0.117. The maximum Gasteiger partial charge on any atom is -0.0321 e. The average molecular weight is 1220 g/mol. The lowest BCUT2D eigenvalue weighted by Crippen LogP contribution is -2.53. The number of hydrogen-bond acceptors (Lipinski definition) is 0. The fraction of sp³-hybridized carbons (Fsp3) is 1.00. The zero-order valence-electron chi connectivity index (χ0n) is 58.7. The lowest BCUT2D eigenvalue weighted by atomic mass is 9.44. The van der Waals surface area contributed by atoms with Crippen LogP contribution in [0.2, 0.25) is 0 Å². The van der Waals surface area contributed by atoms with E-state index in [9.17, 15) is 0 Å². The van der Waals surface area contributed by atoms with Gasteiger partial charge in [-0.05, 0) is 456 Å². The molecule has 30 atom stereocenters. The Kier molecular flexibility index (Phi) is 16.7. The topological polar surface area (TPSA) is 0 Å². The van der Waals surface area contributed by atoms with Crippen LogP contribution in [0.5, 0.6) is 0 Å². The first-order chi connectivity index (χ1) is 44.3. The summed E-state index contributed by atoms with van der Waals surface area (Å²) in [6, 6.07) is 0. The van der Waals surface area contributed by atoms with Crippen molar-refractivity contribution in [3.05, 3.63) is 0 Å². The molecule has 0 aromatic heterocycles. The van der Waals surface area contributed by atoms with Crippen LogP contribution in [0, 0.1) is 225 Å². The molecule has 30 bridgehead atoms. The molecular formula is C90H142. The fourth-order valence-corrected chi connectivity index (χ4v) is 36.2. The molecule has 0 saturated heterocycles. The summed E-state index contributed by atoms with van der Waals surface area (Å²) in [6.07, 6.45) is 87.5. The Morgan fingerprint density at radius 2 is 0.222 bits per heavy atom. The minimum absolute atomic E-state index is 1.06. The summed E-state index contributed by atoms with van der Waals surface area (Å²) in [4.78, 5) is 0. The maximum atomic E-state index is 1.77. The number of rotatable bonds is 4. The molecule has 25 aliphatic rings. The Labute approximate surface area is 555 Å². The highest BCUT2D eigenvalue weighted by molar-refractivity contribution is 5.09. The van der Waals surface area contributed by atoms with Crippen molar-refractivity contribution >= 4 is 0 Å². The number of hydrogen-bond donors (Lipinski definition) is 0. The molecular weight excluding hydrogens is 1080 g/mol. The van der Waals surface area contributed by atoms with Crippen molar-refractivity contribution in [1.29, 1.82) is 0 Å². The molecule has 0 aliphatic heterocycles. The lowest BCUT2D eigenvalue weighted by Gasteiger charge is -2.61. The van der Waals surface area contributed by atoms with Gasteiger partial charge in [0.05, 0.1) is 0 Å². The van der Waals surface area contributed by atoms with Gasteiger partial charge in [-0.3, -0.25) is 0 Å². The first kappa shape index (κ1) is 60.0. The monoisotopic (exact) mass is 1220 g/mol. The van der Waals surface area contributed by atoms with Gasteiger partial charge in [0, 0.05) is 0 Å². The largest absolute Gasteiger partial charge is 0.0502 e. The zero-order valence-corrected chi connectivity index (χ0v) is 58.7. The Morgan fingerprint density at radius 3 is 0.444 bits per heavy atom. The second-order valence-corrected chi connectivity index (χ2v) is 43.4. The number of fused-ring (bicyclic) bond motifs is 19. The molecule has 0 nitrogen and oxygen atoms in total. The molecule has 90 heavy (non-hydrogen) atoms. The van der Waals surface area contributed by atoms with E-state index in [1.54, 1.807) is 334 Å². The first-order valence-corrected chi connectivity index (χ1v) is 44.3. The van der Waals surface area contributed by atoms with Crippen molar-refractivity contribution < 1.29 is 0 Å². The molecule has 0 aromatic rings. The van der Waals surface area contributed by atoms with E-state index in [4.69, 9.17) is 0 Å². The highest BCUT2D eigenvalue weighted by Crippen LogP contribution is 2.68. The molecule has 0 N–H and O–H groups in total. The van der Waals surface area contributed by atoms with E-state index in [-0.39, 0.29) is 0 Å². The van der Waals surface area contributed by atoms with Crippen molar-refractivity contribution in [3.8, 4) is 0 Å². The van der Waals surface area contributed by atoms with Gasteiger partial charge >= 0.3 is 0 Å². The van der Waals surface area contributed by atoms with Crippen molar-refractivity contribution in [1.82, 2.24) is 0 Å². The molecule has 0 heteroatoms. The van der Waals surface area contributed by atoms with Crippen LogP contribution in [-0.4, -0.2) is 0 Å². The highest BCUT2D eigenvalue weighted by Gasteiger charge is 2.59. The van der Waals surface area contributed by atoms with Crippen LogP contribution in [0.1, 0.15) is 334 Å². The van der Waals surface area contributed by atoms with Gasteiger partial charge in [0.25, 0.3) is 0 Å². The highest BCUT2D eigenvalue weighted by atomic mass is 14.6. The Hall–Kier alpha value is 0. The van der Waals surface area contributed by atoms with Gasteiger partial charge in [-0.15, -0.1) is 0 Å². The van der Waals surface area contributed by atoms with Gasteiger partial charge in [0.15, 0.2) is 0 Å². The van der Waals surface area contributed by atoms with E-state index < -0.39 is 0 Å². The van der Waals surface area contributed by atoms with Gasteiger partial charge < -0.3 is 0 Å². The molecule has 502 valence electrons. The summed E-state index contributed by atoms with van der Waals surface area (Å²) < 4.78 is 0. The Balaban J connectivity index is 0.760. The molecule has 25 saturated carbocycles. The van der Waals surface area contributed by atoms with Crippen molar-refractivity contribution in [2.24, 2.45) is 225 Å². The van der Waals surface area contributed by atoms with Crippen molar-refractivity contribution in [3.63, 3.8) is 0 Å². The predicted octanol–water partition coefficient (Wildman–Crippen LogP) is 25.0. The quantitative estimate of drug-likeness (QED) is 0.263. The molecule has 0 heterocycles. The Morgan fingerprint density at radius 1 is 0.0889 bits per heavy atom. The summed E-state index contributed by atoms with van der Waals surface area (Å²) in [5.74, 6) is 41.1. The van der Waals surface area contributed by atoms with E-state index >= 15 is 0 Å². The first-order valence-electron chi connectivity index (χ1n) is 44.3. The normalized spacial score (nSPS) is 59.5.